The SMILES string of the molecule is CCCCCCNC(=O)N[C@H](C)c1ccc(C#N)cc1. The number of rotatable bonds is 7. The van der Waals surface area contributed by atoms with Crippen LogP contribution in [0.1, 0.15) is 56.7 Å². The Labute approximate surface area is 121 Å². The number of nitrogens with one attached hydrogen (secondary N) is 2. The van der Waals surface area contributed by atoms with Crippen LogP contribution in [-0.2, 0) is 0 Å². The molecule has 0 aliphatic carbocycles. The average Bonchev–Trinajstić information content (AvgIpc) is 2.47. The molecule has 1 atom stereocenters. The van der Waals surface area contributed by atoms with Crippen molar-refractivity contribution in [3.63, 3.8) is 0 Å². The lowest BCUT2D eigenvalue weighted by atomic mass is 10.1. The van der Waals surface area contributed by atoms with Gasteiger partial charge in [0, 0.05) is 6.54 Å². The van der Waals surface area contributed by atoms with E-state index in [-0.39, 0.29) is 12.1 Å². The average molecular weight is 273 g/mol. The van der Waals surface area contributed by atoms with E-state index >= 15 is 0 Å². The summed E-state index contributed by atoms with van der Waals surface area (Å²) >= 11 is 0. The van der Waals surface area contributed by atoms with Crippen LogP contribution in [-0.4, -0.2) is 12.6 Å². The van der Waals surface area contributed by atoms with Crippen LogP contribution in [0.2, 0.25) is 0 Å². The standard InChI is InChI=1S/C16H23N3O/c1-3-4-5-6-11-18-16(20)19-13(2)15-9-7-14(12-17)8-10-15/h7-10,13H,3-6,11H2,1-2H3,(H2,18,19,20)/t13-/m1/s1. The van der Waals surface area contributed by atoms with Crippen LogP contribution < -0.4 is 10.6 Å². The number of nitriles is 1. The first-order valence-electron chi connectivity index (χ1n) is 7.21. The first kappa shape index (κ1) is 16.0. The van der Waals surface area contributed by atoms with Gasteiger partial charge in [-0.1, -0.05) is 38.3 Å². The number of amides is 2. The van der Waals surface area contributed by atoms with E-state index in [0.29, 0.717) is 12.1 Å². The lowest BCUT2D eigenvalue weighted by Gasteiger charge is -2.15. The first-order chi connectivity index (χ1) is 9.67. The van der Waals surface area contributed by atoms with Crippen LogP contribution in [0.4, 0.5) is 4.79 Å². The van der Waals surface area contributed by atoms with Crippen LogP contribution in [0.25, 0.3) is 0 Å². The van der Waals surface area contributed by atoms with Crippen LogP contribution in [0.5, 0.6) is 0 Å². The first-order valence-corrected chi connectivity index (χ1v) is 7.21. The van der Waals surface area contributed by atoms with Crippen LogP contribution in [0.15, 0.2) is 24.3 Å². The number of urea groups is 1. The van der Waals surface area contributed by atoms with E-state index in [4.69, 9.17) is 5.26 Å². The molecular weight excluding hydrogens is 250 g/mol. The van der Waals surface area contributed by atoms with Gasteiger partial charge < -0.3 is 10.6 Å². The van der Waals surface area contributed by atoms with Crippen molar-refractivity contribution in [1.82, 2.24) is 10.6 Å². The Hall–Kier alpha value is -2.02. The number of carbonyl (C=O) groups excluding carboxylic acids is 1. The predicted octanol–water partition coefficient (Wildman–Crippen LogP) is 3.50. The summed E-state index contributed by atoms with van der Waals surface area (Å²) in [4.78, 5) is 11.7. The van der Waals surface area contributed by atoms with E-state index in [2.05, 4.69) is 23.6 Å². The molecule has 0 aliphatic heterocycles. The molecule has 0 bridgehead atoms. The normalized spacial score (nSPS) is 11.4. The molecule has 1 aromatic rings. The molecule has 0 radical (unpaired) electrons. The fourth-order valence-electron chi connectivity index (χ4n) is 1.93. The molecule has 0 heterocycles. The lowest BCUT2D eigenvalue weighted by Crippen LogP contribution is -2.37. The summed E-state index contributed by atoms with van der Waals surface area (Å²) in [6.45, 7) is 4.81. The maximum atomic E-state index is 11.7. The molecule has 0 saturated carbocycles. The van der Waals surface area contributed by atoms with E-state index in [1.54, 1.807) is 12.1 Å². The molecule has 4 heteroatoms. The van der Waals surface area contributed by atoms with Gasteiger partial charge in [0.05, 0.1) is 17.7 Å². The topological polar surface area (TPSA) is 64.9 Å². The van der Waals surface area contributed by atoms with Gasteiger partial charge in [0.2, 0.25) is 0 Å². The predicted molar refractivity (Wildman–Crippen MR) is 80.2 cm³/mol. The Morgan fingerprint density at radius 2 is 1.95 bits per heavy atom. The summed E-state index contributed by atoms with van der Waals surface area (Å²) in [5.74, 6) is 0. The molecule has 2 N–H and O–H groups in total. The molecule has 2 amide bonds. The Morgan fingerprint density at radius 1 is 1.25 bits per heavy atom. The van der Waals surface area contributed by atoms with Gasteiger partial charge in [-0.3, -0.25) is 0 Å². The summed E-state index contributed by atoms with van der Waals surface area (Å²) in [6.07, 6.45) is 4.58. The van der Waals surface area contributed by atoms with Crippen LogP contribution in [0, 0.1) is 11.3 Å². The smallest absolute Gasteiger partial charge is 0.315 e. The molecular formula is C16H23N3O. The molecule has 0 aromatic heterocycles. The van der Waals surface area contributed by atoms with Gasteiger partial charge in [0.15, 0.2) is 0 Å². The fraction of sp³-hybridized carbons (Fsp3) is 0.500. The summed E-state index contributed by atoms with van der Waals surface area (Å²) in [5, 5.41) is 14.5. The molecule has 0 unspecified atom stereocenters. The molecule has 0 saturated heterocycles. The van der Waals surface area contributed by atoms with Gasteiger partial charge in [0.25, 0.3) is 0 Å². The van der Waals surface area contributed by atoms with Crippen molar-refractivity contribution >= 4 is 6.03 Å². The maximum Gasteiger partial charge on any atom is 0.315 e. The highest BCUT2D eigenvalue weighted by atomic mass is 16.2. The van der Waals surface area contributed by atoms with Crippen LogP contribution >= 0.6 is 0 Å². The highest BCUT2D eigenvalue weighted by molar-refractivity contribution is 5.74. The molecule has 0 spiro atoms. The number of hydrogen-bond acceptors (Lipinski definition) is 2. The third-order valence-electron chi connectivity index (χ3n) is 3.20. The zero-order valence-electron chi connectivity index (χ0n) is 12.3. The molecule has 1 aromatic carbocycles. The number of benzene rings is 1. The van der Waals surface area contributed by atoms with Crippen molar-refractivity contribution in [3.8, 4) is 6.07 Å². The minimum atomic E-state index is -0.140. The second kappa shape index (κ2) is 8.98. The summed E-state index contributed by atoms with van der Waals surface area (Å²) in [6, 6.07) is 9.12. The monoisotopic (exact) mass is 273 g/mol. The highest BCUT2D eigenvalue weighted by Gasteiger charge is 2.08. The van der Waals surface area contributed by atoms with E-state index in [9.17, 15) is 4.79 Å². The van der Waals surface area contributed by atoms with Crippen molar-refractivity contribution in [3.05, 3.63) is 35.4 Å². The van der Waals surface area contributed by atoms with Gasteiger partial charge >= 0.3 is 6.03 Å². The van der Waals surface area contributed by atoms with Gasteiger partial charge in [-0.05, 0) is 31.0 Å². The number of nitrogens with zero attached hydrogens (tertiary/aromatic N) is 1. The number of unbranched alkanes of at least 4 members (excludes halogenated alkanes) is 3. The van der Waals surface area contributed by atoms with Crippen LogP contribution in [0.3, 0.4) is 0 Å². The molecule has 4 nitrogen and oxygen atoms in total. The van der Waals surface area contributed by atoms with Crippen molar-refractivity contribution in [2.75, 3.05) is 6.54 Å². The van der Waals surface area contributed by atoms with E-state index < -0.39 is 0 Å². The summed E-state index contributed by atoms with van der Waals surface area (Å²) < 4.78 is 0. The van der Waals surface area contributed by atoms with E-state index in [1.807, 2.05) is 19.1 Å². The zero-order valence-corrected chi connectivity index (χ0v) is 12.3. The molecule has 0 fully saturated rings. The molecule has 108 valence electrons. The van der Waals surface area contributed by atoms with Crippen molar-refractivity contribution in [2.45, 2.75) is 45.6 Å². The number of hydrogen-bond donors (Lipinski definition) is 2. The second-order valence-corrected chi connectivity index (χ2v) is 4.92. The molecule has 1 rings (SSSR count). The highest BCUT2D eigenvalue weighted by Crippen LogP contribution is 2.12. The molecule has 20 heavy (non-hydrogen) atoms. The quantitative estimate of drug-likeness (QED) is 0.747. The Morgan fingerprint density at radius 3 is 2.55 bits per heavy atom. The Balaban J connectivity index is 2.31. The summed E-state index contributed by atoms with van der Waals surface area (Å²) in [5.41, 5.74) is 1.62. The minimum Gasteiger partial charge on any atom is -0.338 e. The third kappa shape index (κ3) is 5.75. The largest absolute Gasteiger partial charge is 0.338 e. The van der Waals surface area contributed by atoms with E-state index in [0.717, 1.165) is 18.4 Å². The van der Waals surface area contributed by atoms with Crippen molar-refractivity contribution in [1.29, 1.82) is 5.26 Å². The van der Waals surface area contributed by atoms with Crippen molar-refractivity contribution in [2.24, 2.45) is 0 Å². The lowest BCUT2D eigenvalue weighted by molar-refractivity contribution is 0.237. The third-order valence-corrected chi connectivity index (χ3v) is 3.20. The number of carbonyl (C=O) groups is 1. The minimum absolute atomic E-state index is 0.0709. The molecule has 0 aliphatic rings. The Kier molecular flexibility index (Phi) is 7.20. The second-order valence-electron chi connectivity index (χ2n) is 4.92. The van der Waals surface area contributed by atoms with E-state index in [1.165, 1.54) is 12.8 Å². The van der Waals surface area contributed by atoms with Crippen molar-refractivity contribution < 1.29 is 4.79 Å². The Bertz CT molecular complexity index is 448. The van der Waals surface area contributed by atoms with Gasteiger partial charge in [-0.2, -0.15) is 5.26 Å². The maximum absolute atomic E-state index is 11.7. The van der Waals surface area contributed by atoms with Gasteiger partial charge in [-0.25, -0.2) is 4.79 Å². The fourth-order valence-corrected chi connectivity index (χ4v) is 1.93. The van der Waals surface area contributed by atoms with Gasteiger partial charge in [-0.15, -0.1) is 0 Å². The van der Waals surface area contributed by atoms with Gasteiger partial charge in [0.1, 0.15) is 0 Å². The zero-order chi connectivity index (χ0) is 14.8. The summed E-state index contributed by atoms with van der Waals surface area (Å²) in [7, 11) is 0.